The molecule has 20 heteroatoms. The van der Waals surface area contributed by atoms with E-state index in [2.05, 4.69) is 236 Å². The lowest BCUT2D eigenvalue weighted by atomic mass is 10.00. The molecule has 0 aromatic carbocycles. The van der Waals surface area contributed by atoms with E-state index in [9.17, 15) is 9.59 Å². The number of H-pyrrole nitrogens is 3. The molecule has 0 unspecified atom stereocenters. The largest absolute Gasteiger partial charge is 0.361 e. The van der Waals surface area contributed by atoms with Gasteiger partial charge in [-0.15, -0.1) is 0 Å². The molecule has 20 nitrogen and oxygen atoms in total. The van der Waals surface area contributed by atoms with Gasteiger partial charge >= 0.3 is 0 Å². The third-order valence-corrected chi connectivity index (χ3v) is 17.0. The summed E-state index contributed by atoms with van der Waals surface area (Å²) in [6.45, 7) is 39.6. The highest BCUT2D eigenvalue weighted by Crippen LogP contribution is 2.28. The molecule has 99 heavy (non-hydrogen) atoms. The maximum Gasteiger partial charge on any atom is 0.254 e. The lowest BCUT2D eigenvalue weighted by Crippen LogP contribution is -2.34. The van der Waals surface area contributed by atoms with Crippen LogP contribution >= 0.6 is 0 Å². The zero-order chi connectivity index (χ0) is 71.0. The van der Waals surface area contributed by atoms with Crippen molar-refractivity contribution in [1.82, 2.24) is 70.2 Å². The summed E-state index contributed by atoms with van der Waals surface area (Å²) in [6.07, 6.45) is 39.9. The maximum atomic E-state index is 11.5. The van der Waals surface area contributed by atoms with Gasteiger partial charge in [-0.1, -0.05) is 148 Å². The van der Waals surface area contributed by atoms with E-state index >= 15 is 0 Å². The Morgan fingerprint density at radius 2 is 1.32 bits per heavy atom. The molecule has 8 aromatic heterocycles. The number of hydrogen-bond donors (Lipinski definition) is 4. The number of nitrogens with zero attached hydrogens (tertiary/aromatic N) is 14. The van der Waals surface area contributed by atoms with Crippen molar-refractivity contribution in [3.8, 4) is 0 Å². The SMILES string of the molecule is C=C1NN=C2C=CC(C(C)C)=CN12.CC(C)C1=CC=CC2=NCC(=O)N12.CC(C)C1=CC=CN2C(=O)CN=C12.CC(C)c1[nH]nc2ncccc12.CC(C)c1c[nH]c2nccnc12.CC(C)c1cc2c(cn1)C=CC2.CC(C)c1cc2c(cn1)C=NC2.CC(C)c1nccc2[nH]ccc12. The fraction of sp³-hybridized carbons (Fsp3) is 0.354. The van der Waals surface area contributed by atoms with Crippen LogP contribution in [-0.4, -0.2) is 113 Å². The molecule has 0 saturated heterocycles. The van der Waals surface area contributed by atoms with Gasteiger partial charge in [-0.2, -0.15) is 10.2 Å². The lowest BCUT2D eigenvalue weighted by Gasteiger charge is -2.25. The highest BCUT2D eigenvalue weighted by atomic mass is 16.2. The Bertz CT molecular complexity index is 4390. The number of fused-ring (bicyclic) bond motifs is 8. The van der Waals surface area contributed by atoms with Gasteiger partial charge in [0, 0.05) is 118 Å². The quantitative estimate of drug-likeness (QED) is 0.111. The van der Waals surface area contributed by atoms with Crippen LogP contribution in [-0.2, 0) is 22.6 Å². The minimum Gasteiger partial charge on any atom is -0.361 e. The Kier molecular flexibility index (Phi) is 24.6. The number of hydrogen-bond acceptors (Lipinski definition) is 15. The van der Waals surface area contributed by atoms with Gasteiger partial charge < -0.3 is 9.97 Å². The van der Waals surface area contributed by atoms with Gasteiger partial charge in [0.1, 0.15) is 36.1 Å². The van der Waals surface area contributed by atoms with Crippen LogP contribution in [0.5, 0.6) is 0 Å². The Balaban J connectivity index is 0.000000132. The monoisotopic (exact) mass is 1330 g/mol. The molecule has 16 rings (SSSR count). The average Bonchev–Trinajstić information content (AvgIpc) is 2.08. The predicted molar refractivity (Wildman–Crippen MR) is 403 cm³/mol. The first kappa shape index (κ1) is 72.6. The summed E-state index contributed by atoms with van der Waals surface area (Å²) in [4.78, 5) is 72.6. The highest BCUT2D eigenvalue weighted by molar-refractivity contribution is 6.14. The number of carbonyl (C=O) groups excluding carboxylic acids is 2. The number of aromatic amines is 3. The second kappa shape index (κ2) is 33.6. The summed E-state index contributed by atoms with van der Waals surface area (Å²) in [5, 5.41) is 13.6. The number of nitrogens with one attached hydrogen (secondary N) is 4. The van der Waals surface area contributed by atoms with Crippen LogP contribution in [0.15, 0.2) is 196 Å². The van der Waals surface area contributed by atoms with E-state index < -0.39 is 0 Å². The van der Waals surface area contributed by atoms with Gasteiger partial charge in [0.15, 0.2) is 17.1 Å². The molecule has 0 atom stereocenters. The molecular formula is C79H96N18O2. The van der Waals surface area contributed by atoms with Crippen LogP contribution in [0.4, 0.5) is 0 Å². The van der Waals surface area contributed by atoms with Crippen molar-refractivity contribution >= 4 is 74.7 Å². The van der Waals surface area contributed by atoms with Crippen molar-refractivity contribution in [3.63, 3.8) is 0 Å². The van der Waals surface area contributed by atoms with Crippen molar-refractivity contribution in [3.05, 3.63) is 227 Å². The van der Waals surface area contributed by atoms with E-state index in [1.807, 2.05) is 96.8 Å². The third-order valence-electron chi connectivity index (χ3n) is 17.0. The zero-order valence-corrected chi connectivity index (χ0v) is 60.2. The molecule has 2 amide bonds. The van der Waals surface area contributed by atoms with Crippen LogP contribution in [0.25, 0.3) is 39.2 Å². The number of amidine groups is 3. The molecule has 8 aromatic rings. The first-order chi connectivity index (χ1) is 47.5. The third kappa shape index (κ3) is 18.1. The number of carbonyl (C=O) groups is 2. The van der Waals surface area contributed by atoms with Gasteiger partial charge in [0.2, 0.25) is 0 Å². The van der Waals surface area contributed by atoms with E-state index in [-0.39, 0.29) is 11.8 Å². The molecule has 4 N–H and O–H groups in total. The molecule has 0 fully saturated rings. The molecule has 15 heterocycles. The second-order valence-corrected chi connectivity index (χ2v) is 27.2. The second-order valence-electron chi connectivity index (χ2n) is 27.2. The van der Waals surface area contributed by atoms with E-state index in [1.54, 1.807) is 34.6 Å². The normalized spacial score (nSPS) is 15.5. The van der Waals surface area contributed by atoms with Gasteiger partial charge in [0.05, 0.1) is 12.2 Å². The molecule has 0 bridgehead atoms. The minimum atomic E-state index is 0.0671. The van der Waals surface area contributed by atoms with Crippen LogP contribution in [0.3, 0.4) is 0 Å². The summed E-state index contributed by atoms with van der Waals surface area (Å²) < 4.78 is 0. The molecule has 8 aliphatic rings. The first-order valence-electron chi connectivity index (χ1n) is 34.3. The molecule has 0 radical (unpaired) electrons. The van der Waals surface area contributed by atoms with Crippen molar-refractivity contribution < 1.29 is 9.59 Å². The van der Waals surface area contributed by atoms with Crippen LogP contribution in [0.1, 0.15) is 191 Å². The van der Waals surface area contributed by atoms with Crippen molar-refractivity contribution in [1.29, 1.82) is 0 Å². The predicted octanol–water partition coefficient (Wildman–Crippen LogP) is 16.2. The number of allylic oxidation sites excluding steroid dienone is 8. The van der Waals surface area contributed by atoms with Crippen LogP contribution in [0, 0.1) is 17.8 Å². The molecule has 514 valence electrons. The van der Waals surface area contributed by atoms with E-state index in [4.69, 9.17) is 0 Å². The fourth-order valence-electron chi connectivity index (χ4n) is 11.4. The van der Waals surface area contributed by atoms with Crippen LogP contribution < -0.4 is 5.43 Å². The van der Waals surface area contributed by atoms with Crippen molar-refractivity contribution in [2.75, 3.05) is 13.1 Å². The van der Waals surface area contributed by atoms with E-state index in [1.165, 1.54) is 61.4 Å². The average molecular weight is 1330 g/mol. The van der Waals surface area contributed by atoms with E-state index in [0.29, 0.717) is 60.4 Å². The number of aliphatic imine (C=N–C) groups is 3. The maximum absolute atomic E-state index is 11.5. The summed E-state index contributed by atoms with van der Waals surface area (Å²) in [5.41, 5.74) is 21.3. The van der Waals surface area contributed by atoms with E-state index in [0.717, 1.165) is 75.5 Å². The minimum absolute atomic E-state index is 0.0671. The molecule has 0 spiro atoms. The Morgan fingerprint density at radius 1 is 0.586 bits per heavy atom. The lowest BCUT2D eigenvalue weighted by molar-refractivity contribution is -0.124. The molecule has 7 aliphatic heterocycles. The smallest absolute Gasteiger partial charge is 0.254 e. The number of hydrazone groups is 1. The van der Waals surface area contributed by atoms with Gasteiger partial charge in [-0.25, -0.2) is 9.97 Å². The van der Waals surface area contributed by atoms with Gasteiger partial charge in [-0.05, 0) is 142 Å². The summed E-state index contributed by atoms with van der Waals surface area (Å²) >= 11 is 0. The Morgan fingerprint density at radius 3 is 2.03 bits per heavy atom. The number of amides is 2. The molecule has 1 aliphatic carbocycles. The Hall–Kier alpha value is -10.6. The van der Waals surface area contributed by atoms with Crippen LogP contribution in [0.2, 0.25) is 0 Å². The zero-order valence-electron chi connectivity index (χ0n) is 60.2. The topological polar surface area (TPSA) is 243 Å². The van der Waals surface area contributed by atoms with Gasteiger partial charge in [0.25, 0.3) is 11.8 Å². The Labute approximate surface area is 582 Å². The van der Waals surface area contributed by atoms with Crippen molar-refractivity contribution in [2.45, 2.75) is 153 Å². The standard InChI is InChI=1S/C11H13N.C10H13N3.2C10H12N2O.2C10H12N2.2C9H11N3/c1-8(2)11-6-9-4-3-5-10(9)7-12-11;1-7(2)9-4-5-10-12-11-8(3)13(10)6-9;1-7(2)8-4-3-5-12-9(13)6-11-10(8)12;1-7(2)8-4-3-5-9-11-6-10(13)12(8)9;1-7(2)10-3-8-4-11-5-9(8)6-12-10;1-7(2)10-8-3-5-11-9(8)4-6-12-10;1-6(2)7-5-12-9-8(7)10-3-4-11-9;1-6(2)8-7-4-3-5-10-9(7)12-11-8/h3,5-8H,4H2,1-2H3;4-7,11H,3H2,1-2H3;2*3-5,7H,6H2,1-2H3;3,5-7H,4H2,1-2H3;3-7,11H,1-2H3;3-6H,1-2H3,(H,11,12);3-6H,1-2H3,(H,10,11,12). The van der Waals surface area contributed by atoms with Crippen molar-refractivity contribution in [2.24, 2.45) is 37.8 Å². The molecule has 0 saturated carbocycles. The van der Waals surface area contributed by atoms with Gasteiger partial charge in [-0.3, -0.25) is 69.7 Å². The molecular weight excluding hydrogens is 1230 g/mol. The number of rotatable bonds is 8. The number of pyridine rings is 4. The summed E-state index contributed by atoms with van der Waals surface area (Å²) in [5.74, 6) is 7.31. The summed E-state index contributed by atoms with van der Waals surface area (Å²) in [6, 6.07) is 12.4. The number of aromatic nitrogens is 10. The fourth-order valence-corrected chi connectivity index (χ4v) is 11.4. The summed E-state index contributed by atoms with van der Waals surface area (Å²) in [7, 11) is 0. The highest BCUT2D eigenvalue weighted by Gasteiger charge is 2.31. The first-order valence-corrected chi connectivity index (χ1v) is 34.3.